The number of nitrogens with zero attached hydrogens (tertiary/aromatic N) is 1. The first-order valence-electron chi connectivity index (χ1n) is 9.99. The number of benzene rings is 2. The van der Waals surface area contributed by atoms with Crippen LogP contribution in [0.15, 0.2) is 56.6 Å². The van der Waals surface area contributed by atoms with E-state index in [1.54, 1.807) is 12.1 Å². The lowest BCUT2D eigenvalue weighted by Gasteiger charge is -2.12. The summed E-state index contributed by atoms with van der Waals surface area (Å²) < 4.78 is 47.2. The number of sulfonamides is 1. The summed E-state index contributed by atoms with van der Waals surface area (Å²) in [7, 11) is -3.73. The Morgan fingerprint density at radius 3 is 2.55 bits per heavy atom. The van der Waals surface area contributed by atoms with Gasteiger partial charge in [0.1, 0.15) is 12.4 Å². The summed E-state index contributed by atoms with van der Waals surface area (Å²) in [6, 6.07) is 9.75. The third-order valence-electron chi connectivity index (χ3n) is 5.33. The van der Waals surface area contributed by atoms with E-state index in [1.807, 2.05) is 0 Å². The van der Waals surface area contributed by atoms with Gasteiger partial charge in [-0.05, 0) is 42.7 Å². The molecule has 1 aliphatic carbocycles. The Bertz CT molecular complexity index is 1260. The van der Waals surface area contributed by atoms with Gasteiger partial charge < -0.3 is 9.73 Å². The molecule has 3 aromatic rings. The van der Waals surface area contributed by atoms with Gasteiger partial charge >= 0.3 is 5.76 Å². The summed E-state index contributed by atoms with van der Waals surface area (Å²) in [6.45, 7) is -0.113. The molecule has 164 valence electrons. The predicted octanol–water partition coefficient (Wildman–Crippen LogP) is 2.27. The summed E-state index contributed by atoms with van der Waals surface area (Å²) >= 11 is 0. The van der Waals surface area contributed by atoms with Gasteiger partial charge in [-0.2, -0.15) is 0 Å². The van der Waals surface area contributed by atoms with Gasteiger partial charge in [0.15, 0.2) is 5.58 Å². The number of nitrogens with one attached hydrogen (secondary N) is 2. The van der Waals surface area contributed by atoms with Crippen LogP contribution >= 0.6 is 0 Å². The molecule has 1 amide bonds. The zero-order valence-corrected chi connectivity index (χ0v) is 17.5. The Kier molecular flexibility index (Phi) is 5.92. The molecule has 0 unspecified atom stereocenters. The average molecular weight is 447 g/mol. The number of amides is 1. The van der Waals surface area contributed by atoms with E-state index in [-0.39, 0.29) is 35.4 Å². The number of halogens is 1. The fourth-order valence-corrected chi connectivity index (χ4v) is 5.02. The van der Waals surface area contributed by atoms with Gasteiger partial charge in [0, 0.05) is 18.7 Å². The molecule has 1 heterocycles. The minimum Gasteiger partial charge on any atom is -0.408 e. The quantitative estimate of drug-likeness (QED) is 0.577. The van der Waals surface area contributed by atoms with Crippen molar-refractivity contribution in [3.8, 4) is 0 Å². The molecule has 1 aromatic heterocycles. The summed E-state index contributed by atoms with van der Waals surface area (Å²) in [5.41, 5.74) is 1.12. The lowest BCUT2D eigenvalue weighted by molar-refractivity contribution is -0.121. The molecule has 0 radical (unpaired) electrons. The van der Waals surface area contributed by atoms with E-state index >= 15 is 0 Å². The maximum absolute atomic E-state index is 13.0. The van der Waals surface area contributed by atoms with Crippen molar-refractivity contribution in [2.45, 2.75) is 49.7 Å². The number of aromatic nitrogens is 1. The van der Waals surface area contributed by atoms with Crippen molar-refractivity contribution in [3.63, 3.8) is 0 Å². The van der Waals surface area contributed by atoms with Crippen molar-refractivity contribution in [1.82, 2.24) is 14.6 Å². The van der Waals surface area contributed by atoms with Gasteiger partial charge in [-0.25, -0.2) is 22.3 Å². The second-order valence-corrected chi connectivity index (χ2v) is 9.30. The number of hydrogen-bond donors (Lipinski definition) is 2. The lowest BCUT2D eigenvalue weighted by atomic mass is 10.2. The molecule has 2 N–H and O–H groups in total. The fourth-order valence-electron chi connectivity index (χ4n) is 3.70. The van der Waals surface area contributed by atoms with Crippen LogP contribution in [0.5, 0.6) is 0 Å². The Morgan fingerprint density at radius 1 is 1.13 bits per heavy atom. The fraction of sp³-hybridized carbons (Fsp3) is 0.333. The molecule has 1 fully saturated rings. The summed E-state index contributed by atoms with van der Waals surface area (Å²) in [5.74, 6) is -1.56. The van der Waals surface area contributed by atoms with Gasteiger partial charge in [0.05, 0.1) is 10.4 Å². The summed E-state index contributed by atoms with van der Waals surface area (Å²) in [6.07, 6.45) is 3.60. The predicted molar refractivity (Wildman–Crippen MR) is 111 cm³/mol. The number of rotatable bonds is 7. The van der Waals surface area contributed by atoms with E-state index in [9.17, 15) is 22.4 Å². The number of hydrogen-bond acceptors (Lipinski definition) is 5. The molecule has 0 saturated heterocycles. The molecule has 10 heteroatoms. The molecule has 1 saturated carbocycles. The standard InChI is InChI=1S/C21H22FN3O5S/c22-15-7-5-14(6-8-15)12-23-20(26)13-25-18-10-9-17(11-19(18)30-21(25)27)31(28,29)24-16-3-1-2-4-16/h5-11,16,24H,1-4,12-13H2,(H,23,26). The Morgan fingerprint density at radius 2 is 1.84 bits per heavy atom. The van der Waals surface area contributed by atoms with Crippen molar-refractivity contribution >= 4 is 27.0 Å². The third-order valence-corrected chi connectivity index (χ3v) is 6.85. The van der Waals surface area contributed by atoms with E-state index in [1.165, 1.54) is 30.3 Å². The van der Waals surface area contributed by atoms with Crippen molar-refractivity contribution in [2.24, 2.45) is 0 Å². The van der Waals surface area contributed by atoms with Crippen molar-refractivity contribution < 1.29 is 22.0 Å². The van der Waals surface area contributed by atoms with Crippen LogP contribution in [0.1, 0.15) is 31.2 Å². The maximum atomic E-state index is 13.0. The van der Waals surface area contributed by atoms with Crippen molar-refractivity contribution in [2.75, 3.05) is 0 Å². The summed E-state index contributed by atoms with van der Waals surface area (Å²) in [4.78, 5) is 24.5. The molecule has 2 aromatic carbocycles. The van der Waals surface area contributed by atoms with E-state index in [0.29, 0.717) is 11.1 Å². The number of carbonyl (C=O) groups is 1. The monoisotopic (exact) mass is 447 g/mol. The third kappa shape index (κ3) is 4.86. The Balaban J connectivity index is 1.48. The first-order chi connectivity index (χ1) is 14.8. The topological polar surface area (TPSA) is 110 Å². The highest BCUT2D eigenvalue weighted by molar-refractivity contribution is 7.89. The molecular formula is C21H22FN3O5S. The second-order valence-electron chi connectivity index (χ2n) is 7.59. The van der Waals surface area contributed by atoms with Gasteiger partial charge in [0.25, 0.3) is 0 Å². The van der Waals surface area contributed by atoms with Gasteiger partial charge in [-0.15, -0.1) is 0 Å². The van der Waals surface area contributed by atoms with Crippen LogP contribution in [-0.4, -0.2) is 24.9 Å². The molecule has 8 nitrogen and oxygen atoms in total. The summed E-state index contributed by atoms with van der Waals surface area (Å²) in [5, 5.41) is 2.66. The van der Waals surface area contributed by atoms with Crippen LogP contribution < -0.4 is 15.8 Å². The number of oxazole rings is 1. The second kappa shape index (κ2) is 8.64. The van der Waals surface area contributed by atoms with Crippen LogP contribution in [0.25, 0.3) is 11.1 Å². The van der Waals surface area contributed by atoms with Gasteiger partial charge in [0.2, 0.25) is 15.9 Å². The SMILES string of the molecule is O=C(Cn1c(=O)oc2cc(S(=O)(=O)NC3CCCC3)ccc21)NCc1ccc(F)cc1. The van der Waals surface area contributed by atoms with Gasteiger partial charge in [-0.1, -0.05) is 25.0 Å². The number of carbonyl (C=O) groups excluding carboxylic acids is 1. The molecule has 31 heavy (non-hydrogen) atoms. The first kappa shape index (κ1) is 21.3. The highest BCUT2D eigenvalue weighted by atomic mass is 32.2. The van der Waals surface area contributed by atoms with Crippen LogP contribution in [0, 0.1) is 5.82 Å². The van der Waals surface area contributed by atoms with Crippen molar-refractivity contribution in [1.29, 1.82) is 0 Å². The zero-order valence-electron chi connectivity index (χ0n) is 16.6. The zero-order chi connectivity index (χ0) is 22.0. The lowest BCUT2D eigenvalue weighted by Crippen LogP contribution is -2.32. The van der Waals surface area contributed by atoms with Crippen LogP contribution in [0.2, 0.25) is 0 Å². The maximum Gasteiger partial charge on any atom is 0.420 e. The van der Waals surface area contributed by atoms with E-state index in [4.69, 9.17) is 4.42 Å². The molecule has 4 rings (SSSR count). The van der Waals surface area contributed by atoms with E-state index in [0.717, 1.165) is 30.3 Å². The molecule has 0 bridgehead atoms. The smallest absolute Gasteiger partial charge is 0.408 e. The Hall–Kier alpha value is -2.98. The normalized spacial score (nSPS) is 14.9. The largest absolute Gasteiger partial charge is 0.420 e. The minimum absolute atomic E-state index is 0.00793. The number of fused-ring (bicyclic) bond motifs is 1. The van der Waals surface area contributed by atoms with Crippen LogP contribution in [0.4, 0.5) is 4.39 Å². The minimum atomic E-state index is -3.73. The highest BCUT2D eigenvalue weighted by Crippen LogP contribution is 2.22. The van der Waals surface area contributed by atoms with Crippen molar-refractivity contribution in [3.05, 3.63) is 64.4 Å². The Labute approximate surface area is 178 Å². The first-order valence-corrected chi connectivity index (χ1v) is 11.5. The highest BCUT2D eigenvalue weighted by Gasteiger charge is 2.24. The van der Waals surface area contributed by atoms with Gasteiger partial charge in [-0.3, -0.25) is 9.36 Å². The van der Waals surface area contributed by atoms with E-state index in [2.05, 4.69) is 10.0 Å². The molecular weight excluding hydrogens is 425 g/mol. The molecule has 0 atom stereocenters. The molecule has 1 aliphatic rings. The molecule has 0 aliphatic heterocycles. The van der Waals surface area contributed by atoms with Crippen LogP contribution in [0.3, 0.4) is 0 Å². The average Bonchev–Trinajstić information content (AvgIpc) is 3.34. The van der Waals surface area contributed by atoms with Crippen LogP contribution in [-0.2, 0) is 27.9 Å². The van der Waals surface area contributed by atoms with E-state index < -0.39 is 21.7 Å². The molecule has 0 spiro atoms.